The number of aldehydes is 1. The summed E-state index contributed by atoms with van der Waals surface area (Å²) in [6.45, 7) is 9.48. The predicted octanol–water partition coefficient (Wildman–Crippen LogP) is 2.98. The monoisotopic (exact) mass is 858 g/mol. The summed E-state index contributed by atoms with van der Waals surface area (Å²) < 4.78 is 16.8. The van der Waals surface area contributed by atoms with Crippen molar-refractivity contribution in [1.82, 2.24) is 31.6 Å². The van der Waals surface area contributed by atoms with E-state index in [0.717, 1.165) is 41.3 Å². The summed E-state index contributed by atoms with van der Waals surface area (Å²) in [7, 11) is 5.69. The van der Waals surface area contributed by atoms with Crippen LogP contribution in [0.25, 0.3) is 0 Å². The molecule has 7 atom stereocenters. The zero-order valence-corrected chi connectivity index (χ0v) is 36.5. The number of unbranched alkanes of at least 4 members (excludes halogenated alkanes) is 1. The van der Waals surface area contributed by atoms with Crippen molar-refractivity contribution in [2.75, 3.05) is 51.8 Å². The van der Waals surface area contributed by atoms with Gasteiger partial charge in [-0.2, -0.15) is 11.8 Å². The summed E-state index contributed by atoms with van der Waals surface area (Å²) >= 11 is 3.33. The maximum absolute atomic E-state index is 13.0. The average Bonchev–Trinajstić information content (AvgIpc) is 3.89. The lowest BCUT2D eigenvalue weighted by Gasteiger charge is -2.22. The van der Waals surface area contributed by atoms with Gasteiger partial charge in [0, 0.05) is 60.7 Å². The first-order valence-corrected chi connectivity index (χ1v) is 22.4. The van der Waals surface area contributed by atoms with Gasteiger partial charge in [-0.15, -0.1) is 16.8 Å². The number of aromatic nitrogens is 1. The molecule has 0 saturated carbocycles. The first-order chi connectivity index (χ1) is 28.3. The van der Waals surface area contributed by atoms with Gasteiger partial charge in [0.25, 0.3) is 0 Å². The number of hydrogen-bond donors (Lipinski definition) is 6. The highest BCUT2D eigenvalue weighted by Gasteiger charge is 2.42. The Hall–Kier alpha value is -3.55. The zero-order valence-electron chi connectivity index (χ0n) is 34.9. The van der Waals surface area contributed by atoms with Crippen LogP contribution in [0.3, 0.4) is 0 Å². The smallest absolute Gasteiger partial charge is 0.315 e. The number of carbonyl (C=O) groups is 5. The molecule has 326 valence electrons. The molecule has 6 N–H and O–H groups in total. The van der Waals surface area contributed by atoms with Crippen LogP contribution in [0.5, 0.6) is 0 Å². The molecule has 0 aliphatic carbocycles. The Bertz CT molecular complexity index is 1570. The topological polar surface area (TPSA) is 206 Å². The van der Waals surface area contributed by atoms with E-state index in [-0.39, 0.29) is 61.0 Å². The highest BCUT2D eigenvalue weighted by Crippen LogP contribution is 2.33. The molecule has 2 aliphatic rings. The molecule has 15 nitrogen and oxygen atoms in total. The number of carbonyl (C=O) groups excluding carboxylic acids is 5. The van der Waals surface area contributed by atoms with E-state index in [4.69, 9.17) is 27.0 Å². The van der Waals surface area contributed by atoms with Gasteiger partial charge in [-0.25, -0.2) is 9.78 Å². The SMILES string of the molecule is [B]/C(C)=C/C(O)Cc1nc([C@@H](C)C[C@H](CC(=O)OC(C)C/C(C)=C/C=C\C=O)NCC(=O)NCCOCCOCCNC(=O)CCCCC2SC[C@@H]3NC(=O)N[C@H]23)cs1. The number of ether oxygens (including phenoxy) is 3. The van der Waals surface area contributed by atoms with Gasteiger partial charge in [-0.1, -0.05) is 44.1 Å². The molecular weight excluding hydrogens is 795 g/mol. The molecule has 3 unspecified atom stereocenters. The molecule has 59 heavy (non-hydrogen) atoms. The Kier molecular flexibility index (Phi) is 23.7. The van der Waals surface area contributed by atoms with Crippen LogP contribution in [0, 0.1) is 0 Å². The third-order valence-electron chi connectivity index (χ3n) is 9.62. The lowest BCUT2D eigenvalue weighted by molar-refractivity contribution is -0.149. The van der Waals surface area contributed by atoms with Gasteiger partial charge in [0.15, 0.2) is 0 Å². The van der Waals surface area contributed by atoms with Crippen LogP contribution in [-0.4, -0.2) is 135 Å². The first-order valence-electron chi connectivity index (χ1n) is 20.5. The second-order valence-electron chi connectivity index (χ2n) is 15.1. The molecule has 0 bridgehead atoms. The number of amides is 4. The normalized spacial score (nSPS) is 20.0. The molecule has 1 aromatic rings. The molecule has 1 aromatic heterocycles. The number of fused-ring (bicyclic) bond motifs is 1. The van der Waals surface area contributed by atoms with Crippen molar-refractivity contribution in [3.63, 3.8) is 0 Å². The fourth-order valence-corrected chi connectivity index (χ4v) is 9.29. The number of esters is 1. The predicted molar refractivity (Wildman–Crippen MR) is 232 cm³/mol. The van der Waals surface area contributed by atoms with Gasteiger partial charge >= 0.3 is 12.0 Å². The fraction of sp³-hybridized carbons (Fsp3) is 0.659. The average molecular weight is 859 g/mol. The van der Waals surface area contributed by atoms with E-state index in [0.29, 0.717) is 82.2 Å². The zero-order chi connectivity index (χ0) is 43.0. The second-order valence-corrected chi connectivity index (χ2v) is 17.3. The minimum Gasteiger partial charge on any atom is -0.462 e. The minimum atomic E-state index is -0.733. The molecule has 0 aromatic carbocycles. The Labute approximate surface area is 358 Å². The Morgan fingerprint density at radius 3 is 2.47 bits per heavy atom. The van der Waals surface area contributed by atoms with Crippen molar-refractivity contribution < 1.29 is 43.3 Å². The van der Waals surface area contributed by atoms with Crippen LogP contribution < -0.4 is 26.6 Å². The number of thiazole rings is 1. The Balaban J connectivity index is 1.30. The van der Waals surface area contributed by atoms with Gasteiger partial charge in [0.1, 0.15) is 20.2 Å². The molecule has 2 aliphatic heterocycles. The molecule has 3 rings (SSSR count). The number of allylic oxidation sites excluding steroid dienone is 4. The van der Waals surface area contributed by atoms with Crippen LogP contribution >= 0.6 is 23.1 Å². The molecule has 4 amide bonds. The molecule has 3 heterocycles. The van der Waals surface area contributed by atoms with E-state index in [1.807, 2.05) is 37.9 Å². The van der Waals surface area contributed by atoms with Gasteiger partial charge in [0.05, 0.1) is 68.3 Å². The summed E-state index contributed by atoms with van der Waals surface area (Å²) in [4.78, 5) is 64.7. The lowest BCUT2D eigenvalue weighted by Crippen LogP contribution is -2.42. The van der Waals surface area contributed by atoms with Crippen molar-refractivity contribution in [2.24, 2.45) is 0 Å². The highest BCUT2D eigenvalue weighted by molar-refractivity contribution is 8.00. The maximum Gasteiger partial charge on any atom is 0.315 e. The van der Waals surface area contributed by atoms with Crippen molar-refractivity contribution in [1.29, 1.82) is 0 Å². The minimum absolute atomic E-state index is 0.00367. The number of aliphatic hydroxyl groups excluding tert-OH is 1. The van der Waals surface area contributed by atoms with Crippen LogP contribution in [-0.2, 0) is 39.8 Å². The fourth-order valence-electron chi connectivity index (χ4n) is 6.78. The van der Waals surface area contributed by atoms with Crippen LogP contribution in [0.4, 0.5) is 4.79 Å². The van der Waals surface area contributed by atoms with E-state index >= 15 is 0 Å². The third-order valence-corrected chi connectivity index (χ3v) is 12.0. The van der Waals surface area contributed by atoms with Crippen LogP contribution in [0.2, 0.25) is 0 Å². The number of nitrogens with zero attached hydrogens (tertiary/aromatic N) is 1. The molecule has 2 saturated heterocycles. The number of rotatable bonds is 30. The van der Waals surface area contributed by atoms with E-state index < -0.39 is 12.1 Å². The second kappa shape index (κ2) is 28.1. The summed E-state index contributed by atoms with van der Waals surface area (Å²) in [6.07, 6.45) is 10.6. The van der Waals surface area contributed by atoms with Crippen molar-refractivity contribution >= 4 is 61.0 Å². The number of nitrogens with one attached hydrogen (secondary N) is 5. The molecule has 2 radical (unpaired) electrons. The molecular formula is C41H63BN6O9S2. The largest absolute Gasteiger partial charge is 0.462 e. The maximum atomic E-state index is 13.0. The van der Waals surface area contributed by atoms with Crippen LogP contribution in [0.1, 0.15) is 89.3 Å². The third kappa shape index (κ3) is 21.0. The number of aliphatic hydroxyl groups is 1. The number of hydrogen-bond acceptors (Lipinski definition) is 13. The molecule has 0 spiro atoms. The quantitative estimate of drug-likeness (QED) is 0.0126. The molecule has 18 heteroatoms. The van der Waals surface area contributed by atoms with Crippen molar-refractivity contribution in [3.8, 4) is 0 Å². The summed E-state index contributed by atoms with van der Waals surface area (Å²) in [5, 5.41) is 28.2. The van der Waals surface area contributed by atoms with Crippen molar-refractivity contribution in [2.45, 2.75) is 121 Å². The summed E-state index contributed by atoms with van der Waals surface area (Å²) in [5.41, 5.74) is 2.32. The highest BCUT2D eigenvalue weighted by atomic mass is 32.2. The van der Waals surface area contributed by atoms with Gasteiger partial charge in [-0.05, 0) is 39.2 Å². The van der Waals surface area contributed by atoms with E-state index in [9.17, 15) is 29.1 Å². The van der Waals surface area contributed by atoms with Gasteiger partial charge in [-0.3, -0.25) is 19.2 Å². The summed E-state index contributed by atoms with van der Waals surface area (Å²) in [5.74, 6) is 0.228. The van der Waals surface area contributed by atoms with Crippen molar-refractivity contribution in [3.05, 3.63) is 51.4 Å². The Morgan fingerprint density at radius 2 is 1.76 bits per heavy atom. The van der Waals surface area contributed by atoms with E-state index in [2.05, 4.69) is 26.6 Å². The first kappa shape index (κ1) is 49.8. The van der Waals surface area contributed by atoms with Gasteiger partial charge < -0.3 is 45.9 Å². The standard InChI is InChI=1S/C41H63BN6O9S2/c1-27(9-7-8-14-49)19-30(4)57-39(53)22-31(20-28(2)33-25-59-38(46-33)23-32(50)21-29(3)42)45-24-37(52)44-13-16-56-18-17-55-15-12-43-36(51)11-6-5-10-35-40-34(26-58-35)47-41(54)48-40/h7-9,14,21,25,28,30-32,34-35,40,45,50H,5-6,10-13,15-20,22-24,26H2,1-4H3,(H,43,51)(H,44,52)(H2,47,48,54)/b8-7-,27-9+,29-21+/t28-,30?,31+,32?,34-,35?,40-/m0/s1. The van der Waals surface area contributed by atoms with Crippen LogP contribution in [0.15, 0.2) is 40.7 Å². The number of thioether (sulfide) groups is 1. The van der Waals surface area contributed by atoms with E-state index in [1.54, 1.807) is 25.2 Å². The Morgan fingerprint density at radius 1 is 1.03 bits per heavy atom. The molecule has 2 fully saturated rings. The summed E-state index contributed by atoms with van der Waals surface area (Å²) in [6, 6.07) is -0.0612. The van der Waals surface area contributed by atoms with Gasteiger partial charge in [0.2, 0.25) is 11.8 Å². The number of urea groups is 1. The van der Waals surface area contributed by atoms with E-state index in [1.165, 1.54) is 17.4 Å². The lowest BCUT2D eigenvalue weighted by atomic mass is 9.95.